The van der Waals surface area contributed by atoms with Crippen LogP contribution in [-0.4, -0.2) is 42.5 Å². The van der Waals surface area contributed by atoms with Crippen LogP contribution in [0.2, 0.25) is 0 Å². The molecular formula is C14H25BrN2S. The Hall–Kier alpha value is 0.1000. The van der Waals surface area contributed by atoms with E-state index in [0.29, 0.717) is 0 Å². The zero-order valence-electron chi connectivity index (χ0n) is 11.8. The molecule has 0 saturated carbocycles. The largest absolute Gasteiger partial charge is 0.304 e. The second kappa shape index (κ2) is 9.08. The Bertz CT molecular complexity index is 323. The summed E-state index contributed by atoms with van der Waals surface area (Å²) in [6, 6.07) is 2.23. The minimum Gasteiger partial charge on any atom is -0.304 e. The lowest BCUT2D eigenvalue weighted by Gasteiger charge is -2.22. The first-order valence-corrected chi connectivity index (χ1v) is 8.54. The summed E-state index contributed by atoms with van der Waals surface area (Å²) in [4.78, 5) is 6.48. The van der Waals surface area contributed by atoms with Crippen LogP contribution in [0.15, 0.2) is 15.9 Å². The van der Waals surface area contributed by atoms with Gasteiger partial charge in [0.15, 0.2) is 0 Å². The third-order valence-corrected chi connectivity index (χ3v) is 4.97. The van der Waals surface area contributed by atoms with Crippen molar-refractivity contribution in [3.63, 3.8) is 0 Å². The molecule has 0 bridgehead atoms. The fourth-order valence-corrected chi connectivity index (χ4v) is 3.56. The molecule has 0 unspecified atom stereocenters. The standard InChI is InChI=1S/C14H25BrN2S/c1-4-16(5-2)8-7-9-17(6-3)11-14-10-13(15)12-18-14/h10,12H,4-9,11H2,1-3H3. The van der Waals surface area contributed by atoms with Crippen molar-refractivity contribution in [3.8, 4) is 0 Å². The summed E-state index contributed by atoms with van der Waals surface area (Å²) in [5, 5.41) is 2.17. The van der Waals surface area contributed by atoms with E-state index >= 15 is 0 Å². The molecule has 1 rings (SSSR count). The van der Waals surface area contributed by atoms with E-state index in [1.165, 1.54) is 41.9 Å². The van der Waals surface area contributed by atoms with E-state index in [4.69, 9.17) is 0 Å². The van der Waals surface area contributed by atoms with Crippen LogP contribution < -0.4 is 0 Å². The lowest BCUT2D eigenvalue weighted by Crippen LogP contribution is -2.29. The van der Waals surface area contributed by atoms with Gasteiger partial charge in [0.2, 0.25) is 0 Å². The lowest BCUT2D eigenvalue weighted by atomic mass is 10.3. The summed E-state index contributed by atoms with van der Waals surface area (Å²) in [5.74, 6) is 0. The maximum absolute atomic E-state index is 3.52. The molecule has 104 valence electrons. The average Bonchev–Trinajstić information content (AvgIpc) is 2.78. The minimum atomic E-state index is 1.09. The van der Waals surface area contributed by atoms with Crippen LogP contribution >= 0.6 is 27.3 Å². The normalized spacial score (nSPS) is 11.7. The van der Waals surface area contributed by atoms with Crippen molar-refractivity contribution in [2.24, 2.45) is 0 Å². The fourth-order valence-electron chi connectivity index (χ4n) is 2.06. The van der Waals surface area contributed by atoms with Gasteiger partial charge in [0.05, 0.1) is 0 Å². The van der Waals surface area contributed by atoms with E-state index in [2.05, 4.69) is 57.9 Å². The third-order valence-electron chi connectivity index (χ3n) is 3.29. The van der Waals surface area contributed by atoms with E-state index in [9.17, 15) is 0 Å². The van der Waals surface area contributed by atoms with Crippen molar-refractivity contribution >= 4 is 27.3 Å². The average molecular weight is 333 g/mol. The van der Waals surface area contributed by atoms with Crippen LogP contribution in [0.4, 0.5) is 0 Å². The number of rotatable bonds is 9. The molecule has 2 nitrogen and oxygen atoms in total. The molecule has 0 aliphatic rings. The smallest absolute Gasteiger partial charge is 0.0328 e. The maximum Gasteiger partial charge on any atom is 0.0328 e. The number of thiophene rings is 1. The van der Waals surface area contributed by atoms with Crippen LogP contribution in [0.25, 0.3) is 0 Å². The molecule has 0 radical (unpaired) electrons. The van der Waals surface area contributed by atoms with E-state index in [1.807, 2.05) is 11.3 Å². The van der Waals surface area contributed by atoms with E-state index in [0.717, 1.165) is 13.1 Å². The molecular weight excluding hydrogens is 308 g/mol. The molecule has 0 fully saturated rings. The van der Waals surface area contributed by atoms with Crippen molar-refractivity contribution in [2.75, 3.05) is 32.7 Å². The molecule has 18 heavy (non-hydrogen) atoms. The van der Waals surface area contributed by atoms with Crippen LogP contribution in [-0.2, 0) is 6.54 Å². The predicted octanol–water partition coefficient (Wildman–Crippen LogP) is 4.06. The van der Waals surface area contributed by atoms with Gasteiger partial charge < -0.3 is 4.90 Å². The molecule has 4 heteroatoms. The van der Waals surface area contributed by atoms with Crippen molar-refractivity contribution in [1.29, 1.82) is 0 Å². The molecule has 0 saturated heterocycles. The lowest BCUT2D eigenvalue weighted by molar-refractivity contribution is 0.240. The number of hydrogen-bond acceptors (Lipinski definition) is 3. The summed E-state index contributed by atoms with van der Waals surface area (Å²) in [5.41, 5.74) is 0. The van der Waals surface area contributed by atoms with Crippen LogP contribution in [0.5, 0.6) is 0 Å². The van der Waals surface area contributed by atoms with Gasteiger partial charge in [0.1, 0.15) is 0 Å². The Morgan fingerprint density at radius 2 is 1.67 bits per heavy atom. The first-order chi connectivity index (χ1) is 8.69. The van der Waals surface area contributed by atoms with Crippen molar-refractivity contribution in [2.45, 2.75) is 33.7 Å². The molecule has 0 spiro atoms. The van der Waals surface area contributed by atoms with E-state index in [1.54, 1.807) is 0 Å². The van der Waals surface area contributed by atoms with E-state index in [-0.39, 0.29) is 0 Å². The van der Waals surface area contributed by atoms with Gasteiger partial charge >= 0.3 is 0 Å². The highest BCUT2D eigenvalue weighted by atomic mass is 79.9. The highest BCUT2D eigenvalue weighted by molar-refractivity contribution is 9.10. The summed E-state index contributed by atoms with van der Waals surface area (Å²) in [7, 11) is 0. The summed E-state index contributed by atoms with van der Waals surface area (Å²) >= 11 is 5.36. The molecule has 1 aromatic rings. The van der Waals surface area contributed by atoms with Gasteiger partial charge in [-0.2, -0.15) is 0 Å². The molecule has 0 amide bonds. The molecule has 1 heterocycles. The highest BCUT2D eigenvalue weighted by Gasteiger charge is 2.06. The summed E-state index contributed by atoms with van der Waals surface area (Å²) in [6.45, 7) is 13.7. The number of nitrogens with zero attached hydrogens (tertiary/aromatic N) is 2. The van der Waals surface area contributed by atoms with Gasteiger partial charge in [-0.3, -0.25) is 4.90 Å². The quantitative estimate of drug-likeness (QED) is 0.672. The molecule has 0 N–H and O–H groups in total. The van der Waals surface area contributed by atoms with Crippen LogP contribution in [0, 0.1) is 0 Å². The Morgan fingerprint density at radius 1 is 1.06 bits per heavy atom. The molecule has 0 aromatic carbocycles. The first-order valence-electron chi connectivity index (χ1n) is 6.87. The van der Waals surface area contributed by atoms with Gasteiger partial charge in [-0.05, 0) is 61.1 Å². The molecule has 0 atom stereocenters. The van der Waals surface area contributed by atoms with Crippen molar-refractivity contribution < 1.29 is 0 Å². The number of hydrogen-bond donors (Lipinski definition) is 0. The molecule has 0 aliphatic carbocycles. The monoisotopic (exact) mass is 332 g/mol. The van der Waals surface area contributed by atoms with Crippen LogP contribution in [0.3, 0.4) is 0 Å². The van der Waals surface area contributed by atoms with Crippen molar-refractivity contribution in [1.82, 2.24) is 9.80 Å². The Labute approximate surface area is 124 Å². The Kier molecular flexibility index (Phi) is 8.15. The number of halogens is 1. The third kappa shape index (κ3) is 5.83. The second-order valence-electron chi connectivity index (χ2n) is 4.48. The zero-order chi connectivity index (χ0) is 13.4. The van der Waals surface area contributed by atoms with Gasteiger partial charge in [0, 0.05) is 21.3 Å². The summed E-state index contributed by atoms with van der Waals surface area (Å²) < 4.78 is 1.21. The van der Waals surface area contributed by atoms with Gasteiger partial charge in [-0.1, -0.05) is 20.8 Å². The van der Waals surface area contributed by atoms with Gasteiger partial charge in [0.25, 0.3) is 0 Å². The van der Waals surface area contributed by atoms with Crippen LogP contribution in [0.1, 0.15) is 32.1 Å². The van der Waals surface area contributed by atoms with E-state index < -0.39 is 0 Å². The Balaban J connectivity index is 2.29. The van der Waals surface area contributed by atoms with Crippen molar-refractivity contribution in [3.05, 3.63) is 20.8 Å². The minimum absolute atomic E-state index is 1.09. The zero-order valence-corrected chi connectivity index (χ0v) is 14.2. The first kappa shape index (κ1) is 16.2. The highest BCUT2D eigenvalue weighted by Crippen LogP contribution is 2.21. The summed E-state index contributed by atoms with van der Waals surface area (Å²) in [6.07, 6.45) is 1.27. The second-order valence-corrected chi connectivity index (χ2v) is 6.39. The topological polar surface area (TPSA) is 6.48 Å². The maximum atomic E-state index is 3.52. The van der Waals surface area contributed by atoms with Gasteiger partial charge in [-0.25, -0.2) is 0 Å². The Morgan fingerprint density at radius 3 is 2.17 bits per heavy atom. The fraction of sp³-hybridized carbons (Fsp3) is 0.714. The van der Waals surface area contributed by atoms with Gasteiger partial charge in [-0.15, -0.1) is 11.3 Å². The molecule has 1 aromatic heterocycles. The predicted molar refractivity (Wildman–Crippen MR) is 85.4 cm³/mol. The SMILES string of the molecule is CCN(CC)CCCN(CC)Cc1cc(Br)cs1. The molecule has 0 aliphatic heterocycles.